The number of halogens is 3. The Kier molecular flexibility index (Phi) is 4.15. The number of hydrogen-bond donors (Lipinski definition) is 1. The lowest BCUT2D eigenvalue weighted by Gasteiger charge is -2.35. The number of aliphatic hydroxyl groups is 1. The topological polar surface area (TPSA) is 43.8 Å². The Balaban J connectivity index is 2.35. The molecule has 0 spiro atoms. The summed E-state index contributed by atoms with van der Waals surface area (Å²) in [4.78, 5) is 14.1. The van der Waals surface area contributed by atoms with E-state index in [2.05, 4.69) is 0 Å². The molecular formula is C9H15F3N2O2. The molecule has 1 aliphatic heterocycles. The first-order valence-electron chi connectivity index (χ1n) is 5.03. The first-order chi connectivity index (χ1) is 7.30. The predicted molar refractivity (Wildman–Crippen MR) is 50.8 cm³/mol. The van der Waals surface area contributed by atoms with Crippen LogP contribution in [0.3, 0.4) is 0 Å². The molecule has 1 rings (SSSR count). The highest BCUT2D eigenvalue weighted by atomic mass is 19.4. The van der Waals surface area contributed by atoms with E-state index < -0.39 is 18.8 Å². The molecule has 94 valence electrons. The number of rotatable bonds is 2. The second-order valence-electron chi connectivity index (χ2n) is 3.86. The van der Waals surface area contributed by atoms with Gasteiger partial charge >= 0.3 is 6.18 Å². The van der Waals surface area contributed by atoms with Gasteiger partial charge in [0.15, 0.2) is 6.10 Å². The van der Waals surface area contributed by atoms with Crippen LogP contribution in [0.15, 0.2) is 0 Å². The highest BCUT2D eigenvalue weighted by molar-refractivity contribution is 5.73. The van der Waals surface area contributed by atoms with Gasteiger partial charge in [0, 0.05) is 39.6 Å². The number of amides is 1. The maximum Gasteiger partial charge on any atom is 0.415 e. The van der Waals surface area contributed by atoms with Crippen molar-refractivity contribution in [3.8, 4) is 0 Å². The van der Waals surface area contributed by atoms with Crippen molar-refractivity contribution in [1.29, 1.82) is 0 Å². The molecule has 4 nitrogen and oxygen atoms in total. The van der Waals surface area contributed by atoms with E-state index in [4.69, 9.17) is 5.11 Å². The number of carbonyl (C=O) groups excluding carboxylic acids is 1. The number of β-amino-alcohol motifs (C(OH)–C–C–N with tert-alkyl or cyclic N) is 1. The van der Waals surface area contributed by atoms with Gasteiger partial charge in [-0.05, 0) is 0 Å². The highest BCUT2D eigenvalue weighted by Gasteiger charge is 2.39. The lowest BCUT2D eigenvalue weighted by Crippen LogP contribution is -2.51. The normalized spacial score (nSPS) is 20.9. The smallest absolute Gasteiger partial charge is 0.382 e. The molecule has 0 aromatic carbocycles. The van der Waals surface area contributed by atoms with E-state index >= 15 is 0 Å². The molecule has 1 saturated heterocycles. The van der Waals surface area contributed by atoms with Crippen LogP contribution in [-0.2, 0) is 4.79 Å². The van der Waals surface area contributed by atoms with Gasteiger partial charge in [0.25, 0.3) is 0 Å². The summed E-state index contributed by atoms with van der Waals surface area (Å²) in [5.74, 6) is -0.0731. The van der Waals surface area contributed by atoms with Gasteiger partial charge in [0.05, 0.1) is 0 Å². The van der Waals surface area contributed by atoms with Gasteiger partial charge in [-0.3, -0.25) is 9.69 Å². The molecule has 16 heavy (non-hydrogen) atoms. The van der Waals surface area contributed by atoms with Gasteiger partial charge < -0.3 is 10.0 Å². The van der Waals surface area contributed by atoms with Crippen LogP contribution >= 0.6 is 0 Å². The van der Waals surface area contributed by atoms with Crippen molar-refractivity contribution in [1.82, 2.24) is 9.80 Å². The van der Waals surface area contributed by atoms with Crippen LogP contribution in [0.2, 0.25) is 0 Å². The van der Waals surface area contributed by atoms with Crippen LogP contribution in [-0.4, -0.2) is 65.8 Å². The van der Waals surface area contributed by atoms with Gasteiger partial charge in [-0.1, -0.05) is 0 Å². The van der Waals surface area contributed by atoms with Crippen LogP contribution in [0, 0.1) is 0 Å². The monoisotopic (exact) mass is 240 g/mol. The first kappa shape index (κ1) is 13.2. The molecule has 0 radical (unpaired) electrons. The lowest BCUT2D eigenvalue weighted by atomic mass is 10.2. The molecule has 7 heteroatoms. The Hall–Kier alpha value is -0.820. The average molecular weight is 240 g/mol. The molecule has 0 aromatic heterocycles. The van der Waals surface area contributed by atoms with E-state index in [0.717, 1.165) is 0 Å². The fourth-order valence-electron chi connectivity index (χ4n) is 1.59. The molecule has 0 saturated carbocycles. The van der Waals surface area contributed by atoms with E-state index in [1.807, 2.05) is 0 Å². The van der Waals surface area contributed by atoms with E-state index in [-0.39, 0.29) is 5.91 Å². The van der Waals surface area contributed by atoms with Crippen molar-refractivity contribution < 1.29 is 23.1 Å². The molecule has 1 aliphatic rings. The largest absolute Gasteiger partial charge is 0.415 e. The average Bonchev–Trinajstić information content (AvgIpc) is 2.17. The Labute approximate surface area is 91.6 Å². The number of alkyl halides is 3. The van der Waals surface area contributed by atoms with Gasteiger partial charge in [-0.15, -0.1) is 0 Å². The van der Waals surface area contributed by atoms with E-state index in [0.29, 0.717) is 26.2 Å². The Morgan fingerprint density at radius 2 is 1.81 bits per heavy atom. The Morgan fingerprint density at radius 1 is 1.31 bits per heavy atom. The summed E-state index contributed by atoms with van der Waals surface area (Å²) < 4.78 is 36.2. The summed E-state index contributed by atoms with van der Waals surface area (Å²) in [6, 6.07) is 0. The number of piperazine rings is 1. The zero-order valence-electron chi connectivity index (χ0n) is 9.00. The van der Waals surface area contributed by atoms with Crippen molar-refractivity contribution in [3.05, 3.63) is 0 Å². The number of carbonyl (C=O) groups is 1. The third-order valence-electron chi connectivity index (χ3n) is 2.63. The summed E-state index contributed by atoms with van der Waals surface area (Å²) in [6.45, 7) is 2.58. The van der Waals surface area contributed by atoms with Crippen LogP contribution in [0.5, 0.6) is 0 Å². The summed E-state index contributed by atoms with van der Waals surface area (Å²) in [7, 11) is 0. The molecule has 1 fully saturated rings. The Morgan fingerprint density at radius 3 is 2.19 bits per heavy atom. The van der Waals surface area contributed by atoms with E-state index in [1.54, 1.807) is 4.90 Å². The van der Waals surface area contributed by atoms with Crippen LogP contribution < -0.4 is 0 Å². The molecule has 0 aliphatic carbocycles. The van der Waals surface area contributed by atoms with Gasteiger partial charge in [-0.2, -0.15) is 13.2 Å². The van der Waals surface area contributed by atoms with Crippen LogP contribution in [0.25, 0.3) is 0 Å². The molecule has 1 heterocycles. The minimum Gasteiger partial charge on any atom is -0.382 e. The van der Waals surface area contributed by atoms with Gasteiger partial charge in [-0.25, -0.2) is 0 Å². The van der Waals surface area contributed by atoms with Crippen molar-refractivity contribution in [3.63, 3.8) is 0 Å². The first-order valence-corrected chi connectivity index (χ1v) is 5.03. The van der Waals surface area contributed by atoms with E-state index in [1.165, 1.54) is 11.8 Å². The standard InChI is InChI=1S/C9H15F3N2O2/c1-7(15)14-4-2-13(3-5-14)6-8(16)9(10,11)12/h8,16H,2-6H2,1H3. The van der Waals surface area contributed by atoms with Gasteiger partial charge in [0.2, 0.25) is 5.91 Å². The molecule has 0 aromatic rings. The fourth-order valence-corrected chi connectivity index (χ4v) is 1.59. The van der Waals surface area contributed by atoms with Crippen molar-refractivity contribution in [2.75, 3.05) is 32.7 Å². The van der Waals surface area contributed by atoms with Crippen molar-refractivity contribution in [2.24, 2.45) is 0 Å². The summed E-state index contributed by atoms with van der Waals surface area (Å²) >= 11 is 0. The number of nitrogens with zero attached hydrogens (tertiary/aromatic N) is 2. The lowest BCUT2D eigenvalue weighted by molar-refractivity contribution is -0.209. The summed E-state index contributed by atoms with van der Waals surface area (Å²) in [5, 5.41) is 8.87. The van der Waals surface area contributed by atoms with Gasteiger partial charge in [0.1, 0.15) is 0 Å². The SMILES string of the molecule is CC(=O)N1CCN(CC(O)C(F)(F)F)CC1. The molecule has 1 amide bonds. The zero-order valence-corrected chi connectivity index (χ0v) is 9.00. The quantitative estimate of drug-likeness (QED) is 0.743. The Bertz CT molecular complexity index is 250. The molecule has 0 bridgehead atoms. The predicted octanol–water partition coefficient (Wildman–Crippen LogP) is 0.0737. The minimum absolute atomic E-state index is 0.0731. The third-order valence-corrected chi connectivity index (χ3v) is 2.63. The van der Waals surface area contributed by atoms with Crippen LogP contribution in [0.4, 0.5) is 13.2 Å². The molecular weight excluding hydrogens is 225 g/mol. The summed E-state index contributed by atoms with van der Waals surface area (Å²) in [5.41, 5.74) is 0. The van der Waals surface area contributed by atoms with Crippen LogP contribution in [0.1, 0.15) is 6.92 Å². The molecule has 1 atom stereocenters. The van der Waals surface area contributed by atoms with Crippen molar-refractivity contribution in [2.45, 2.75) is 19.2 Å². The minimum atomic E-state index is -4.57. The summed E-state index contributed by atoms with van der Waals surface area (Å²) in [6.07, 6.45) is -6.88. The number of aliphatic hydroxyl groups excluding tert-OH is 1. The van der Waals surface area contributed by atoms with E-state index in [9.17, 15) is 18.0 Å². The van der Waals surface area contributed by atoms with Crippen molar-refractivity contribution >= 4 is 5.91 Å². The zero-order chi connectivity index (χ0) is 12.3. The number of hydrogen-bond acceptors (Lipinski definition) is 3. The third kappa shape index (κ3) is 3.64. The fraction of sp³-hybridized carbons (Fsp3) is 0.889. The maximum atomic E-state index is 12.1. The molecule has 1 N–H and O–H groups in total. The maximum absolute atomic E-state index is 12.1. The second-order valence-corrected chi connectivity index (χ2v) is 3.86. The second kappa shape index (κ2) is 5.01. The highest BCUT2D eigenvalue weighted by Crippen LogP contribution is 2.21. The molecule has 1 unspecified atom stereocenters.